The molecule has 4 rings (SSSR count). The van der Waals surface area contributed by atoms with E-state index in [4.69, 9.17) is 9.47 Å². The number of hydrazone groups is 1. The average Bonchev–Trinajstić information content (AvgIpc) is 3.13. The van der Waals surface area contributed by atoms with Crippen LogP contribution < -0.4 is 14.5 Å². The normalized spacial score (nSPS) is 14.4. The van der Waals surface area contributed by atoms with Crippen LogP contribution in [0.15, 0.2) is 51.5 Å². The Morgan fingerprint density at radius 1 is 0.973 bits per heavy atom. The fourth-order valence-corrected chi connectivity index (χ4v) is 4.28. The van der Waals surface area contributed by atoms with Gasteiger partial charge < -0.3 is 9.47 Å². The number of methoxy groups -OCH3 is 1. The van der Waals surface area contributed by atoms with Gasteiger partial charge in [0.1, 0.15) is 12.3 Å². The van der Waals surface area contributed by atoms with Gasteiger partial charge in [-0.1, -0.05) is 29.8 Å². The van der Waals surface area contributed by atoms with E-state index in [1.807, 2.05) is 31.2 Å². The fourth-order valence-electron chi connectivity index (χ4n) is 3.70. The highest BCUT2D eigenvalue weighted by atomic mass is 79.9. The minimum Gasteiger partial charge on any atom is -0.493 e. The lowest BCUT2D eigenvalue weighted by atomic mass is 10.1. The summed E-state index contributed by atoms with van der Waals surface area (Å²) in [6, 6.07) is 10.9. The van der Waals surface area contributed by atoms with Gasteiger partial charge in [-0.2, -0.15) is 10.1 Å². The Morgan fingerprint density at radius 2 is 1.62 bits per heavy atom. The van der Waals surface area contributed by atoms with Crippen molar-refractivity contribution in [1.29, 1.82) is 0 Å². The third-order valence-electron chi connectivity index (χ3n) is 5.49. The molecule has 3 aromatic rings. The summed E-state index contributed by atoms with van der Waals surface area (Å²) in [5, 5.41) is 3.89. The summed E-state index contributed by atoms with van der Waals surface area (Å²) in [7, 11) is 1.43. The van der Waals surface area contributed by atoms with Gasteiger partial charge in [0.2, 0.25) is 5.82 Å². The summed E-state index contributed by atoms with van der Waals surface area (Å²) in [5.41, 5.74) is 0.866. The van der Waals surface area contributed by atoms with E-state index in [0.29, 0.717) is 21.5 Å². The van der Waals surface area contributed by atoms with Crippen LogP contribution >= 0.6 is 15.9 Å². The lowest BCUT2D eigenvalue weighted by Crippen LogP contribution is -2.25. The average molecular weight is 581 g/mol. The molecule has 1 aliphatic heterocycles. The Balaban J connectivity index is 1.66. The summed E-state index contributed by atoms with van der Waals surface area (Å²) in [5.74, 6) is -11.4. The maximum absolute atomic E-state index is 14.3. The van der Waals surface area contributed by atoms with Crippen LogP contribution in [-0.4, -0.2) is 18.7 Å². The van der Waals surface area contributed by atoms with Gasteiger partial charge in [0.05, 0.1) is 22.9 Å². The summed E-state index contributed by atoms with van der Waals surface area (Å²) in [6.45, 7) is 3.59. The van der Waals surface area contributed by atoms with E-state index in [9.17, 15) is 26.7 Å². The second-order valence-corrected chi connectivity index (χ2v) is 8.95. The highest BCUT2D eigenvalue weighted by Crippen LogP contribution is 2.39. The predicted molar refractivity (Wildman–Crippen MR) is 131 cm³/mol. The Labute approximate surface area is 216 Å². The number of halogens is 6. The number of anilines is 1. The van der Waals surface area contributed by atoms with Gasteiger partial charge in [0.15, 0.2) is 34.8 Å². The molecule has 192 valence electrons. The van der Waals surface area contributed by atoms with Gasteiger partial charge in [0, 0.05) is 0 Å². The van der Waals surface area contributed by atoms with Crippen LogP contribution in [0.4, 0.5) is 27.6 Å². The zero-order chi connectivity index (χ0) is 27.0. The van der Waals surface area contributed by atoms with Gasteiger partial charge in [-0.05, 0) is 59.1 Å². The predicted octanol–water partition coefficient (Wildman–Crippen LogP) is 6.85. The summed E-state index contributed by atoms with van der Waals surface area (Å²) >= 11 is 3.42. The van der Waals surface area contributed by atoms with Crippen molar-refractivity contribution in [2.45, 2.75) is 20.5 Å². The number of carbonyl (C=O) groups is 1. The van der Waals surface area contributed by atoms with E-state index < -0.39 is 40.7 Å². The highest BCUT2D eigenvalue weighted by molar-refractivity contribution is 9.10. The minimum atomic E-state index is -2.33. The number of hydrogen-bond acceptors (Lipinski definition) is 4. The second-order valence-electron chi connectivity index (χ2n) is 8.09. The number of rotatable bonds is 6. The van der Waals surface area contributed by atoms with Gasteiger partial charge in [-0.25, -0.2) is 22.0 Å². The van der Waals surface area contributed by atoms with E-state index in [1.165, 1.54) is 20.1 Å². The lowest BCUT2D eigenvalue weighted by molar-refractivity contribution is -0.114. The molecule has 0 bridgehead atoms. The fraction of sp³-hybridized carbons (Fsp3) is 0.154. The Hall–Kier alpha value is -3.73. The summed E-state index contributed by atoms with van der Waals surface area (Å²) in [4.78, 5) is 12.9. The first-order valence-electron chi connectivity index (χ1n) is 10.7. The van der Waals surface area contributed by atoms with Gasteiger partial charge in [0.25, 0.3) is 5.91 Å². The molecule has 0 spiro atoms. The molecular weight excluding hydrogens is 563 g/mol. The Morgan fingerprint density at radius 3 is 2.24 bits per heavy atom. The standard InChI is InChI=1S/C26H18BrF5N2O3/c1-12-5-4-6-14(7-12)11-37-25-17(27)9-15(10-18(25)36-3)8-16-13(2)33-34(26(16)35)24-22(31)20(29)19(28)21(30)23(24)32/h4-10H,11H2,1-3H3/b16-8+. The molecule has 1 aliphatic rings. The van der Waals surface area contributed by atoms with Crippen molar-refractivity contribution in [3.63, 3.8) is 0 Å². The molecule has 5 nitrogen and oxygen atoms in total. The molecule has 0 aliphatic carbocycles. The van der Waals surface area contributed by atoms with Crippen molar-refractivity contribution >= 4 is 39.3 Å². The number of benzene rings is 3. The second kappa shape index (κ2) is 10.3. The molecule has 1 amide bonds. The van der Waals surface area contributed by atoms with Gasteiger partial charge >= 0.3 is 0 Å². The smallest absolute Gasteiger partial charge is 0.280 e. The zero-order valence-corrected chi connectivity index (χ0v) is 21.2. The van der Waals surface area contributed by atoms with Crippen molar-refractivity contribution in [2.75, 3.05) is 12.1 Å². The van der Waals surface area contributed by atoms with Crippen LogP contribution in [0.2, 0.25) is 0 Å². The summed E-state index contributed by atoms with van der Waals surface area (Å²) in [6.07, 6.45) is 1.35. The molecule has 0 N–H and O–H groups in total. The van der Waals surface area contributed by atoms with E-state index in [1.54, 1.807) is 12.1 Å². The molecule has 0 unspecified atom stereocenters. The van der Waals surface area contributed by atoms with E-state index in [0.717, 1.165) is 11.1 Å². The van der Waals surface area contributed by atoms with Crippen LogP contribution in [0.25, 0.3) is 6.08 Å². The molecule has 0 aromatic heterocycles. The van der Waals surface area contributed by atoms with Gasteiger partial charge in [-0.3, -0.25) is 4.79 Å². The van der Waals surface area contributed by atoms with Crippen molar-refractivity contribution in [3.8, 4) is 11.5 Å². The van der Waals surface area contributed by atoms with Crippen molar-refractivity contribution < 1.29 is 36.2 Å². The van der Waals surface area contributed by atoms with Crippen molar-refractivity contribution in [3.05, 3.63) is 92.2 Å². The Kier molecular flexibility index (Phi) is 7.35. The van der Waals surface area contributed by atoms with Crippen LogP contribution in [-0.2, 0) is 11.4 Å². The van der Waals surface area contributed by atoms with Gasteiger partial charge in [-0.15, -0.1) is 0 Å². The first kappa shape index (κ1) is 26.3. The molecule has 37 heavy (non-hydrogen) atoms. The SMILES string of the molecule is COc1cc(/C=C2/C(=O)N(c3c(F)c(F)c(F)c(F)c3F)N=C2C)cc(Br)c1OCc1cccc(C)c1. The lowest BCUT2D eigenvalue weighted by Gasteiger charge is -2.15. The number of ether oxygens (including phenoxy) is 2. The summed E-state index contributed by atoms with van der Waals surface area (Å²) < 4.78 is 81.2. The Bertz CT molecular complexity index is 1460. The first-order chi connectivity index (χ1) is 17.5. The monoisotopic (exact) mass is 580 g/mol. The van der Waals surface area contributed by atoms with Crippen molar-refractivity contribution in [2.24, 2.45) is 5.10 Å². The van der Waals surface area contributed by atoms with Crippen molar-refractivity contribution in [1.82, 2.24) is 0 Å². The first-order valence-corrected chi connectivity index (χ1v) is 11.5. The number of nitrogens with zero attached hydrogens (tertiary/aromatic N) is 2. The minimum absolute atomic E-state index is 0.00352. The van der Waals surface area contributed by atoms with Crippen LogP contribution in [0, 0.1) is 36.0 Å². The molecule has 11 heteroatoms. The third kappa shape index (κ3) is 4.95. The third-order valence-corrected chi connectivity index (χ3v) is 6.08. The van der Waals surface area contributed by atoms with E-state index in [-0.39, 0.29) is 22.9 Å². The molecule has 3 aromatic carbocycles. The maximum Gasteiger partial charge on any atom is 0.280 e. The largest absolute Gasteiger partial charge is 0.493 e. The molecular formula is C26H18BrF5N2O3. The van der Waals surface area contributed by atoms with Crippen LogP contribution in [0.5, 0.6) is 11.5 Å². The molecule has 0 atom stereocenters. The zero-order valence-electron chi connectivity index (χ0n) is 19.6. The topological polar surface area (TPSA) is 51.1 Å². The van der Waals surface area contributed by atoms with Crippen LogP contribution in [0.3, 0.4) is 0 Å². The molecule has 0 saturated carbocycles. The quantitative estimate of drug-likeness (QED) is 0.139. The number of aryl methyl sites for hydroxylation is 1. The van der Waals surface area contributed by atoms with Crippen LogP contribution in [0.1, 0.15) is 23.6 Å². The molecule has 0 radical (unpaired) electrons. The number of carbonyl (C=O) groups excluding carboxylic acids is 1. The van der Waals surface area contributed by atoms with E-state index in [2.05, 4.69) is 21.0 Å². The maximum atomic E-state index is 14.3. The molecule has 0 saturated heterocycles. The molecule has 1 heterocycles. The number of amides is 1. The number of hydrogen-bond donors (Lipinski definition) is 0. The van der Waals surface area contributed by atoms with E-state index >= 15 is 0 Å². The highest BCUT2D eigenvalue weighted by Gasteiger charge is 2.37. The molecule has 0 fully saturated rings.